The Morgan fingerprint density at radius 1 is 1.50 bits per heavy atom. The van der Waals surface area contributed by atoms with Gasteiger partial charge in [-0.1, -0.05) is 18.2 Å². The number of aryl methyl sites for hydroxylation is 1. The van der Waals surface area contributed by atoms with E-state index in [-0.39, 0.29) is 0 Å². The Hall–Kier alpha value is -1.06. The monoisotopic (exact) mass is 220 g/mol. The quantitative estimate of drug-likeness (QED) is 0.744. The van der Waals surface area contributed by atoms with Gasteiger partial charge in [-0.25, -0.2) is 0 Å². The predicted octanol–water partition coefficient (Wildman–Crippen LogP) is 1.56. The van der Waals surface area contributed by atoms with Gasteiger partial charge in [0.2, 0.25) is 0 Å². The summed E-state index contributed by atoms with van der Waals surface area (Å²) in [7, 11) is 2.09. The zero-order chi connectivity index (χ0) is 11.7. The summed E-state index contributed by atoms with van der Waals surface area (Å²) in [5.41, 5.74) is 8.69. The second kappa shape index (κ2) is 4.44. The van der Waals surface area contributed by atoms with Crippen molar-refractivity contribution in [3.63, 3.8) is 0 Å². The van der Waals surface area contributed by atoms with Gasteiger partial charge in [0.25, 0.3) is 0 Å². The van der Waals surface area contributed by atoms with Crippen LogP contribution in [0.4, 0.5) is 5.69 Å². The van der Waals surface area contributed by atoms with Crippen LogP contribution in [0.2, 0.25) is 0 Å². The number of benzene rings is 1. The second-order valence-corrected chi connectivity index (χ2v) is 4.83. The largest absolute Gasteiger partial charge is 0.398 e. The van der Waals surface area contributed by atoms with Gasteiger partial charge >= 0.3 is 0 Å². The molecule has 2 unspecified atom stereocenters. The molecule has 0 saturated carbocycles. The highest BCUT2D eigenvalue weighted by atomic mass is 16.3. The van der Waals surface area contributed by atoms with E-state index < -0.39 is 6.10 Å². The molecule has 0 amide bonds. The zero-order valence-electron chi connectivity index (χ0n) is 9.98. The van der Waals surface area contributed by atoms with Crippen molar-refractivity contribution in [3.8, 4) is 0 Å². The van der Waals surface area contributed by atoms with Crippen molar-refractivity contribution in [1.29, 1.82) is 0 Å². The van der Waals surface area contributed by atoms with E-state index in [2.05, 4.69) is 11.9 Å². The number of rotatable bonds is 2. The van der Waals surface area contributed by atoms with E-state index in [4.69, 9.17) is 5.73 Å². The summed E-state index contributed by atoms with van der Waals surface area (Å²) < 4.78 is 0. The van der Waals surface area contributed by atoms with Crippen molar-refractivity contribution >= 4 is 5.69 Å². The number of hydrogen-bond acceptors (Lipinski definition) is 3. The molecule has 1 heterocycles. The van der Waals surface area contributed by atoms with E-state index in [1.807, 2.05) is 25.1 Å². The molecular weight excluding hydrogens is 200 g/mol. The third-order valence-electron chi connectivity index (χ3n) is 3.55. The molecule has 88 valence electrons. The molecule has 1 fully saturated rings. The molecule has 3 nitrogen and oxygen atoms in total. The highest BCUT2D eigenvalue weighted by Gasteiger charge is 2.28. The molecule has 1 saturated heterocycles. The van der Waals surface area contributed by atoms with E-state index in [1.165, 1.54) is 0 Å². The van der Waals surface area contributed by atoms with Crippen LogP contribution in [0.5, 0.6) is 0 Å². The molecule has 0 radical (unpaired) electrons. The zero-order valence-corrected chi connectivity index (χ0v) is 9.98. The standard InChI is InChI=1S/C13H20N2O/c1-9-4-3-5-11(12(9)14)13(16)10-6-7-15(2)8-10/h3-5,10,13,16H,6-8,14H2,1-2H3. The first-order chi connectivity index (χ1) is 7.59. The Bertz CT molecular complexity index is 378. The fourth-order valence-corrected chi connectivity index (χ4v) is 2.44. The lowest BCUT2D eigenvalue weighted by Crippen LogP contribution is -2.19. The van der Waals surface area contributed by atoms with Crippen LogP contribution in [-0.4, -0.2) is 30.1 Å². The van der Waals surface area contributed by atoms with E-state index in [0.29, 0.717) is 5.92 Å². The molecule has 3 heteroatoms. The molecule has 3 N–H and O–H groups in total. The number of nitrogen functional groups attached to an aromatic ring is 1. The fourth-order valence-electron chi connectivity index (χ4n) is 2.44. The number of nitrogens with zero attached hydrogens (tertiary/aromatic N) is 1. The number of aliphatic hydroxyl groups excluding tert-OH is 1. The maximum absolute atomic E-state index is 10.3. The van der Waals surface area contributed by atoms with Crippen molar-refractivity contribution in [2.75, 3.05) is 25.9 Å². The van der Waals surface area contributed by atoms with Crippen molar-refractivity contribution in [3.05, 3.63) is 29.3 Å². The number of aliphatic hydroxyl groups is 1. The highest BCUT2D eigenvalue weighted by Crippen LogP contribution is 2.33. The summed E-state index contributed by atoms with van der Waals surface area (Å²) in [6.45, 7) is 3.99. The van der Waals surface area contributed by atoms with Crippen LogP contribution in [0, 0.1) is 12.8 Å². The van der Waals surface area contributed by atoms with Crippen molar-refractivity contribution < 1.29 is 5.11 Å². The van der Waals surface area contributed by atoms with Gasteiger partial charge in [-0.3, -0.25) is 0 Å². The first-order valence-electron chi connectivity index (χ1n) is 5.81. The van der Waals surface area contributed by atoms with Gasteiger partial charge in [0.1, 0.15) is 0 Å². The number of nitrogens with two attached hydrogens (primary N) is 1. The first-order valence-corrected chi connectivity index (χ1v) is 5.81. The minimum absolute atomic E-state index is 0.314. The first kappa shape index (κ1) is 11.4. The summed E-state index contributed by atoms with van der Waals surface area (Å²) >= 11 is 0. The molecule has 16 heavy (non-hydrogen) atoms. The van der Waals surface area contributed by atoms with Crippen LogP contribution in [0.3, 0.4) is 0 Å². The van der Waals surface area contributed by atoms with E-state index in [1.54, 1.807) is 0 Å². The van der Waals surface area contributed by atoms with Crippen LogP contribution in [0.15, 0.2) is 18.2 Å². The van der Waals surface area contributed by atoms with Gasteiger partial charge in [-0.05, 0) is 32.5 Å². The summed E-state index contributed by atoms with van der Waals surface area (Å²) in [6.07, 6.45) is 0.621. The van der Waals surface area contributed by atoms with Crippen molar-refractivity contribution in [2.45, 2.75) is 19.4 Å². The highest BCUT2D eigenvalue weighted by molar-refractivity contribution is 5.54. The van der Waals surface area contributed by atoms with Gasteiger partial charge in [0.15, 0.2) is 0 Å². The molecule has 0 spiro atoms. The molecule has 0 aromatic heterocycles. The van der Waals surface area contributed by atoms with Crippen LogP contribution >= 0.6 is 0 Å². The Kier molecular flexibility index (Phi) is 3.17. The maximum Gasteiger partial charge on any atom is 0.0850 e. The van der Waals surface area contributed by atoms with Gasteiger partial charge < -0.3 is 15.7 Å². The minimum Gasteiger partial charge on any atom is -0.398 e. The van der Waals surface area contributed by atoms with Crippen molar-refractivity contribution in [2.24, 2.45) is 5.92 Å². The lowest BCUT2D eigenvalue weighted by Gasteiger charge is -2.20. The molecule has 1 aliphatic heterocycles. The van der Waals surface area contributed by atoms with E-state index >= 15 is 0 Å². The number of hydrogen-bond donors (Lipinski definition) is 2. The lowest BCUT2D eigenvalue weighted by atomic mass is 9.93. The smallest absolute Gasteiger partial charge is 0.0850 e. The van der Waals surface area contributed by atoms with Gasteiger partial charge in [-0.15, -0.1) is 0 Å². The summed E-state index contributed by atoms with van der Waals surface area (Å²) in [6, 6.07) is 5.88. The SMILES string of the molecule is Cc1cccc(C(O)C2CCN(C)C2)c1N. The average Bonchev–Trinajstić information content (AvgIpc) is 2.68. The molecule has 0 aliphatic carbocycles. The van der Waals surface area contributed by atoms with Crippen molar-refractivity contribution in [1.82, 2.24) is 4.90 Å². The molecule has 1 aromatic rings. The lowest BCUT2D eigenvalue weighted by molar-refractivity contribution is 0.113. The van der Waals surface area contributed by atoms with Gasteiger partial charge in [0, 0.05) is 23.7 Å². The normalized spacial score (nSPS) is 23.6. The van der Waals surface area contributed by atoms with E-state index in [9.17, 15) is 5.11 Å². The molecular formula is C13H20N2O. The van der Waals surface area contributed by atoms with E-state index in [0.717, 1.165) is 36.3 Å². The predicted molar refractivity (Wildman–Crippen MR) is 66.2 cm³/mol. The van der Waals surface area contributed by atoms with Crippen LogP contribution in [-0.2, 0) is 0 Å². The number of anilines is 1. The topological polar surface area (TPSA) is 49.5 Å². The summed E-state index contributed by atoms with van der Waals surface area (Å²) in [5.74, 6) is 0.314. The Balaban J connectivity index is 2.20. The fraction of sp³-hybridized carbons (Fsp3) is 0.538. The Labute approximate surface area is 96.9 Å². The van der Waals surface area contributed by atoms with Gasteiger partial charge in [-0.2, -0.15) is 0 Å². The second-order valence-electron chi connectivity index (χ2n) is 4.83. The maximum atomic E-state index is 10.3. The summed E-state index contributed by atoms with van der Waals surface area (Å²) in [5, 5.41) is 10.3. The van der Waals surface area contributed by atoms with Crippen LogP contribution in [0.25, 0.3) is 0 Å². The average molecular weight is 220 g/mol. The third kappa shape index (κ3) is 2.06. The molecule has 1 aromatic carbocycles. The third-order valence-corrected chi connectivity index (χ3v) is 3.55. The number of likely N-dealkylation sites (tertiary alicyclic amines) is 1. The molecule has 2 atom stereocenters. The minimum atomic E-state index is -0.426. The van der Waals surface area contributed by atoms with Crippen LogP contribution in [0.1, 0.15) is 23.7 Å². The van der Waals surface area contributed by atoms with Gasteiger partial charge in [0.05, 0.1) is 6.10 Å². The molecule has 2 rings (SSSR count). The Morgan fingerprint density at radius 2 is 2.25 bits per heavy atom. The number of para-hydroxylation sites is 1. The molecule has 0 bridgehead atoms. The summed E-state index contributed by atoms with van der Waals surface area (Å²) in [4.78, 5) is 2.25. The molecule has 1 aliphatic rings. The Morgan fingerprint density at radius 3 is 2.88 bits per heavy atom. The van der Waals surface area contributed by atoms with Crippen LogP contribution < -0.4 is 5.73 Å².